The zero-order valence-electron chi connectivity index (χ0n) is 9.34. The Morgan fingerprint density at radius 3 is 2.86 bits per heavy atom. The summed E-state index contributed by atoms with van der Waals surface area (Å²) in [4.78, 5) is 4.17. The van der Waals surface area contributed by atoms with Gasteiger partial charge in [0.2, 0.25) is 5.89 Å². The second-order valence-corrected chi connectivity index (χ2v) is 3.93. The van der Waals surface area contributed by atoms with Crippen LogP contribution in [0.5, 0.6) is 0 Å². The molecule has 1 N–H and O–H groups in total. The van der Waals surface area contributed by atoms with E-state index in [2.05, 4.69) is 31.1 Å². The van der Waals surface area contributed by atoms with Crippen molar-refractivity contribution in [2.45, 2.75) is 40.2 Å². The van der Waals surface area contributed by atoms with E-state index < -0.39 is 0 Å². The fraction of sp³-hybridized carbons (Fsp3) is 0.727. The maximum Gasteiger partial charge on any atom is 0.208 e. The molecular formula is C11H20N2O. The first-order chi connectivity index (χ1) is 6.72. The first kappa shape index (κ1) is 11.2. The Morgan fingerprint density at radius 1 is 1.50 bits per heavy atom. The summed E-state index contributed by atoms with van der Waals surface area (Å²) in [6.45, 7) is 8.29. The summed E-state index contributed by atoms with van der Waals surface area (Å²) >= 11 is 0. The number of hydrogen-bond acceptors (Lipinski definition) is 3. The van der Waals surface area contributed by atoms with Gasteiger partial charge in [-0.3, -0.25) is 0 Å². The first-order valence-electron chi connectivity index (χ1n) is 5.36. The van der Waals surface area contributed by atoms with Crippen LogP contribution in [0.2, 0.25) is 0 Å². The molecular weight excluding hydrogens is 176 g/mol. The molecule has 0 saturated heterocycles. The molecule has 0 spiro atoms. The van der Waals surface area contributed by atoms with Crippen LogP contribution in [-0.4, -0.2) is 11.5 Å². The number of aromatic nitrogens is 1. The highest BCUT2D eigenvalue weighted by atomic mass is 16.4. The van der Waals surface area contributed by atoms with E-state index in [0.717, 1.165) is 37.1 Å². The zero-order chi connectivity index (χ0) is 10.4. The van der Waals surface area contributed by atoms with E-state index in [1.54, 1.807) is 6.20 Å². The van der Waals surface area contributed by atoms with Gasteiger partial charge in [-0.15, -0.1) is 0 Å². The second-order valence-electron chi connectivity index (χ2n) is 3.93. The second kappa shape index (κ2) is 5.81. The summed E-state index contributed by atoms with van der Waals surface area (Å²) in [6, 6.07) is 0. The molecule has 0 unspecified atom stereocenters. The van der Waals surface area contributed by atoms with Crippen LogP contribution in [0.1, 0.15) is 38.8 Å². The average molecular weight is 196 g/mol. The number of hydrogen-bond donors (Lipinski definition) is 1. The third-order valence-corrected chi connectivity index (χ3v) is 2.12. The Kier molecular flexibility index (Phi) is 4.66. The Hall–Kier alpha value is -0.830. The van der Waals surface area contributed by atoms with Gasteiger partial charge in [0, 0.05) is 6.42 Å². The maximum absolute atomic E-state index is 5.47. The molecule has 0 aliphatic rings. The van der Waals surface area contributed by atoms with Gasteiger partial charge in [-0.25, -0.2) is 4.98 Å². The molecule has 3 heteroatoms. The van der Waals surface area contributed by atoms with Crippen molar-refractivity contribution in [2.24, 2.45) is 5.92 Å². The van der Waals surface area contributed by atoms with Gasteiger partial charge in [0.15, 0.2) is 0 Å². The monoisotopic (exact) mass is 196 g/mol. The van der Waals surface area contributed by atoms with Crippen LogP contribution in [-0.2, 0) is 13.0 Å². The molecule has 80 valence electrons. The van der Waals surface area contributed by atoms with E-state index in [1.165, 1.54) is 6.42 Å². The summed E-state index contributed by atoms with van der Waals surface area (Å²) in [6.07, 6.45) is 3.92. The quantitative estimate of drug-likeness (QED) is 0.710. The van der Waals surface area contributed by atoms with E-state index in [9.17, 15) is 0 Å². The third-order valence-electron chi connectivity index (χ3n) is 2.12. The standard InChI is InChI=1S/C11H20N2O/c1-4-10-7-13-11(14-10)8-12-6-5-9(2)3/h7,9,12H,4-6,8H2,1-3H3. The summed E-state index contributed by atoms with van der Waals surface area (Å²) in [5, 5.41) is 3.31. The minimum absolute atomic E-state index is 0.743. The molecule has 0 aliphatic heterocycles. The SMILES string of the molecule is CCc1cnc(CNCCC(C)C)o1. The molecule has 0 amide bonds. The molecule has 0 aliphatic carbocycles. The summed E-state index contributed by atoms with van der Waals surface area (Å²) < 4.78 is 5.47. The molecule has 3 nitrogen and oxygen atoms in total. The Bertz CT molecular complexity index is 256. The van der Waals surface area contributed by atoms with Crippen LogP contribution in [0, 0.1) is 5.92 Å². The number of oxazole rings is 1. The lowest BCUT2D eigenvalue weighted by molar-refractivity contribution is 0.431. The highest BCUT2D eigenvalue weighted by Crippen LogP contribution is 2.03. The van der Waals surface area contributed by atoms with Crippen LogP contribution in [0.3, 0.4) is 0 Å². The maximum atomic E-state index is 5.47. The van der Waals surface area contributed by atoms with Gasteiger partial charge in [0.1, 0.15) is 5.76 Å². The molecule has 0 saturated carbocycles. The van der Waals surface area contributed by atoms with Crippen molar-refractivity contribution in [1.82, 2.24) is 10.3 Å². The predicted octanol–water partition coefficient (Wildman–Crippen LogP) is 2.37. The predicted molar refractivity (Wildman–Crippen MR) is 57.0 cm³/mol. The molecule has 0 aromatic carbocycles. The van der Waals surface area contributed by atoms with E-state index in [0.29, 0.717) is 0 Å². The number of nitrogens with one attached hydrogen (secondary N) is 1. The van der Waals surface area contributed by atoms with E-state index in [1.807, 2.05) is 0 Å². The average Bonchev–Trinajstić information content (AvgIpc) is 2.60. The van der Waals surface area contributed by atoms with Gasteiger partial charge in [-0.2, -0.15) is 0 Å². The third kappa shape index (κ3) is 3.92. The van der Waals surface area contributed by atoms with E-state index in [4.69, 9.17) is 4.42 Å². The smallest absolute Gasteiger partial charge is 0.208 e. The number of rotatable bonds is 6. The van der Waals surface area contributed by atoms with Crippen molar-refractivity contribution in [2.75, 3.05) is 6.54 Å². The van der Waals surface area contributed by atoms with Crippen LogP contribution in [0.15, 0.2) is 10.6 Å². The van der Waals surface area contributed by atoms with Gasteiger partial charge in [-0.1, -0.05) is 20.8 Å². The highest BCUT2D eigenvalue weighted by molar-refractivity contribution is 4.93. The molecule has 0 radical (unpaired) electrons. The van der Waals surface area contributed by atoms with E-state index in [-0.39, 0.29) is 0 Å². The first-order valence-corrected chi connectivity index (χ1v) is 5.36. The highest BCUT2D eigenvalue weighted by Gasteiger charge is 2.01. The van der Waals surface area contributed by atoms with Gasteiger partial charge < -0.3 is 9.73 Å². The summed E-state index contributed by atoms with van der Waals surface area (Å²) in [5.74, 6) is 2.51. The van der Waals surface area contributed by atoms with Crippen molar-refractivity contribution in [1.29, 1.82) is 0 Å². The lowest BCUT2D eigenvalue weighted by Crippen LogP contribution is -2.16. The van der Waals surface area contributed by atoms with Crippen molar-refractivity contribution in [3.63, 3.8) is 0 Å². The van der Waals surface area contributed by atoms with Crippen LogP contribution >= 0.6 is 0 Å². The van der Waals surface area contributed by atoms with Crippen LogP contribution in [0.4, 0.5) is 0 Å². The molecule has 0 atom stereocenters. The molecule has 1 aromatic heterocycles. The van der Waals surface area contributed by atoms with Crippen molar-refractivity contribution in [3.05, 3.63) is 17.8 Å². The molecule has 0 fully saturated rings. The molecule has 1 rings (SSSR count). The van der Waals surface area contributed by atoms with Gasteiger partial charge in [0.05, 0.1) is 12.7 Å². The van der Waals surface area contributed by atoms with Gasteiger partial charge in [0.25, 0.3) is 0 Å². The van der Waals surface area contributed by atoms with E-state index >= 15 is 0 Å². The summed E-state index contributed by atoms with van der Waals surface area (Å²) in [7, 11) is 0. The topological polar surface area (TPSA) is 38.1 Å². The fourth-order valence-corrected chi connectivity index (χ4v) is 1.18. The summed E-state index contributed by atoms with van der Waals surface area (Å²) in [5.41, 5.74) is 0. The largest absolute Gasteiger partial charge is 0.444 e. The van der Waals surface area contributed by atoms with Crippen LogP contribution < -0.4 is 5.32 Å². The Morgan fingerprint density at radius 2 is 2.29 bits per heavy atom. The van der Waals surface area contributed by atoms with Crippen LogP contribution in [0.25, 0.3) is 0 Å². The normalized spacial score (nSPS) is 11.1. The lowest BCUT2D eigenvalue weighted by atomic mass is 10.1. The minimum atomic E-state index is 0.743. The molecule has 0 bridgehead atoms. The molecule has 1 heterocycles. The Balaban J connectivity index is 2.18. The fourth-order valence-electron chi connectivity index (χ4n) is 1.18. The lowest BCUT2D eigenvalue weighted by Gasteiger charge is -2.04. The Labute approximate surface area is 85.9 Å². The van der Waals surface area contributed by atoms with Gasteiger partial charge >= 0.3 is 0 Å². The minimum Gasteiger partial charge on any atom is -0.444 e. The number of nitrogens with zero attached hydrogens (tertiary/aromatic N) is 1. The zero-order valence-corrected chi connectivity index (χ0v) is 9.34. The molecule has 1 aromatic rings. The van der Waals surface area contributed by atoms with Crippen molar-refractivity contribution >= 4 is 0 Å². The van der Waals surface area contributed by atoms with Crippen molar-refractivity contribution in [3.8, 4) is 0 Å². The number of aryl methyl sites for hydroxylation is 1. The molecule has 14 heavy (non-hydrogen) atoms. The van der Waals surface area contributed by atoms with Crippen molar-refractivity contribution < 1.29 is 4.42 Å². The van der Waals surface area contributed by atoms with Gasteiger partial charge in [-0.05, 0) is 18.9 Å².